The highest BCUT2D eigenvalue weighted by Gasteiger charge is 2.25. The highest BCUT2D eigenvalue weighted by Crippen LogP contribution is 2.30. The van der Waals surface area contributed by atoms with Gasteiger partial charge >= 0.3 is 0 Å². The van der Waals surface area contributed by atoms with E-state index in [9.17, 15) is 4.79 Å². The minimum atomic E-state index is 0.199. The monoisotopic (exact) mass is 456 g/mol. The zero-order valence-corrected chi connectivity index (χ0v) is 20.0. The van der Waals surface area contributed by atoms with Crippen molar-refractivity contribution in [3.8, 4) is 22.5 Å². The molecule has 0 amide bonds. The van der Waals surface area contributed by atoms with Gasteiger partial charge in [-0.2, -0.15) is 5.21 Å². The van der Waals surface area contributed by atoms with Crippen LogP contribution in [0.25, 0.3) is 22.5 Å². The van der Waals surface area contributed by atoms with Crippen molar-refractivity contribution >= 4 is 0 Å². The summed E-state index contributed by atoms with van der Waals surface area (Å²) in [6.07, 6.45) is 7.38. The largest absolute Gasteiger partial charge is 0.284 e. The Bertz CT molecular complexity index is 1300. The number of aromatic nitrogens is 6. The molecule has 34 heavy (non-hydrogen) atoms. The standard InChI is InChI=1S/C27H32N6O/c1-3-4-5-12-25-24(27(34)32-17-8-9-19(2)33(25)32)18-20-13-15-21(16-14-20)22-10-6-7-11-23(22)26-28-30-31-29-26/h6-7,10-11,13-16,19H,3-5,8-9,12,17-18H2,1-2H3,(H,28,29,30,31). The van der Waals surface area contributed by atoms with Crippen LogP contribution in [0.5, 0.6) is 0 Å². The van der Waals surface area contributed by atoms with E-state index < -0.39 is 0 Å². The molecule has 2 aromatic carbocycles. The molecule has 0 aliphatic carbocycles. The van der Waals surface area contributed by atoms with Crippen LogP contribution in [-0.4, -0.2) is 30.0 Å². The van der Waals surface area contributed by atoms with Crippen LogP contribution in [0.4, 0.5) is 0 Å². The van der Waals surface area contributed by atoms with Crippen LogP contribution in [0.1, 0.15) is 68.8 Å². The lowest BCUT2D eigenvalue weighted by atomic mass is 9.96. The molecular weight excluding hydrogens is 424 g/mol. The van der Waals surface area contributed by atoms with Crippen molar-refractivity contribution in [2.45, 2.75) is 71.4 Å². The van der Waals surface area contributed by atoms with Crippen LogP contribution < -0.4 is 5.56 Å². The quantitative estimate of drug-likeness (QED) is 0.371. The summed E-state index contributed by atoms with van der Waals surface area (Å²) < 4.78 is 4.31. The number of H-pyrrole nitrogens is 1. The fourth-order valence-electron chi connectivity index (χ4n) is 5.23. The van der Waals surface area contributed by atoms with Crippen LogP contribution in [0, 0.1) is 0 Å². The zero-order valence-electron chi connectivity index (χ0n) is 20.0. The first-order chi connectivity index (χ1) is 16.7. The van der Waals surface area contributed by atoms with E-state index in [0.717, 1.165) is 60.0 Å². The first-order valence-electron chi connectivity index (χ1n) is 12.4. The van der Waals surface area contributed by atoms with Gasteiger partial charge in [-0.15, -0.1) is 10.2 Å². The Kier molecular flexibility index (Phi) is 6.43. The van der Waals surface area contributed by atoms with Gasteiger partial charge in [-0.1, -0.05) is 68.3 Å². The molecule has 2 aromatic heterocycles. The summed E-state index contributed by atoms with van der Waals surface area (Å²) in [5, 5.41) is 14.5. The zero-order chi connectivity index (χ0) is 23.5. The number of hydrogen-bond donors (Lipinski definition) is 1. The number of nitrogens with one attached hydrogen (secondary N) is 1. The Morgan fingerprint density at radius 2 is 1.85 bits per heavy atom. The van der Waals surface area contributed by atoms with Gasteiger partial charge in [0.25, 0.3) is 5.56 Å². The minimum Gasteiger partial charge on any atom is -0.284 e. The van der Waals surface area contributed by atoms with Crippen molar-refractivity contribution in [2.75, 3.05) is 0 Å². The van der Waals surface area contributed by atoms with E-state index in [-0.39, 0.29) is 5.56 Å². The Morgan fingerprint density at radius 3 is 2.59 bits per heavy atom. The van der Waals surface area contributed by atoms with Crippen molar-refractivity contribution in [1.29, 1.82) is 0 Å². The van der Waals surface area contributed by atoms with Crippen molar-refractivity contribution in [1.82, 2.24) is 30.0 Å². The van der Waals surface area contributed by atoms with Gasteiger partial charge in [-0.25, -0.2) is 0 Å². The maximum atomic E-state index is 13.4. The van der Waals surface area contributed by atoms with Gasteiger partial charge in [0.15, 0.2) is 0 Å². The molecular formula is C27H32N6O. The molecule has 5 rings (SSSR count). The van der Waals surface area contributed by atoms with Crippen molar-refractivity contribution in [3.63, 3.8) is 0 Å². The summed E-state index contributed by atoms with van der Waals surface area (Å²) in [5.74, 6) is 0.581. The molecule has 1 aliphatic heterocycles. The molecule has 1 aliphatic rings. The van der Waals surface area contributed by atoms with Gasteiger partial charge in [0, 0.05) is 35.8 Å². The topological polar surface area (TPSA) is 81.4 Å². The number of tetrazole rings is 1. The summed E-state index contributed by atoms with van der Waals surface area (Å²) in [6.45, 7) is 5.30. The molecule has 0 saturated heterocycles. The number of unbranched alkanes of at least 4 members (excludes halogenated alkanes) is 2. The van der Waals surface area contributed by atoms with Crippen LogP contribution in [0.15, 0.2) is 53.3 Å². The van der Waals surface area contributed by atoms with Crippen LogP contribution >= 0.6 is 0 Å². The molecule has 176 valence electrons. The normalized spacial score (nSPS) is 15.4. The van der Waals surface area contributed by atoms with E-state index in [1.54, 1.807) is 0 Å². The summed E-state index contributed by atoms with van der Waals surface area (Å²) in [6, 6.07) is 17.0. The smallest absolute Gasteiger partial charge is 0.270 e. The summed E-state index contributed by atoms with van der Waals surface area (Å²) in [7, 11) is 0. The highest BCUT2D eigenvalue weighted by atomic mass is 16.1. The van der Waals surface area contributed by atoms with Crippen LogP contribution in [-0.2, 0) is 19.4 Å². The van der Waals surface area contributed by atoms with Gasteiger partial charge in [0.2, 0.25) is 5.82 Å². The van der Waals surface area contributed by atoms with Crippen LogP contribution in [0.2, 0.25) is 0 Å². The molecule has 4 aromatic rings. The predicted molar refractivity (Wildman–Crippen MR) is 134 cm³/mol. The maximum Gasteiger partial charge on any atom is 0.270 e. The third-order valence-electron chi connectivity index (χ3n) is 6.96. The van der Waals surface area contributed by atoms with Crippen LogP contribution in [0.3, 0.4) is 0 Å². The molecule has 0 bridgehead atoms. The van der Waals surface area contributed by atoms with E-state index in [4.69, 9.17) is 0 Å². The van der Waals surface area contributed by atoms with Gasteiger partial charge in [-0.05, 0) is 54.5 Å². The van der Waals surface area contributed by atoms with Crippen molar-refractivity contribution < 1.29 is 0 Å². The van der Waals surface area contributed by atoms with Crippen molar-refractivity contribution in [3.05, 3.63) is 75.7 Å². The SMILES string of the molecule is CCCCCc1c(Cc2ccc(-c3ccccc3-c3nn[nH]n3)cc2)c(=O)n2n1C(C)CCC2. The molecule has 0 fully saturated rings. The van der Waals surface area contributed by atoms with Gasteiger partial charge < -0.3 is 0 Å². The number of nitrogens with zero attached hydrogens (tertiary/aromatic N) is 5. The number of benzene rings is 2. The molecule has 0 spiro atoms. The van der Waals surface area contributed by atoms with Gasteiger partial charge in [0.05, 0.1) is 0 Å². The molecule has 1 N–H and O–H groups in total. The number of fused-ring (bicyclic) bond motifs is 1. The minimum absolute atomic E-state index is 0.199. The fourth-order valence-corrected chi connectivity index (χ4v) is 5.23. The van der Waals surface area contributed by atoms with Gasteiger partial charge in [0.1, 0.15) is 0 Å². The summed E-state index contributed by atoms with van der Waals surface area (Å²) in [5.41, 5.74) is 6.67. The molecule has 7 nitrogen and oxygen atoms in total. The maximum absolute atomic E-state index is 13.4. The first-order valence-corrected chi connectivity index (χ1v) is 12.4. The number of hydrogen-bond acceptors (Lipinski definition) is 4. The predicted octanol–water partition coefficient (Wildman–Crippen LogP) is 5.18. The third-order valence-corrected chi connectivity index (χ3v) is 6.96. The van der Waals surface area contributed by atoms with E-state index in [0.29, 0.717) is 18.3 Å². The average molecular weight is 457 g/mol. The molecule has 7 heteroatoms. The molecule has 0 radical (unpaired) electrons. The molecule has 0 saturated carbocycles. The second kappa shape index (κ2) is 9.79. The molecule has 1 atom stereocenters. The second-order valence-corrected chi connectivity index (χ2v) is 9.30. The lowest BCUT2D eigenvalue weighted by molar-refractivity contribution is 0.286. The summed E-state index contributed by atoms with van der Waals surface area (Å²) in [4.78, 5) is 13.4. The lowest BCUT2D eigenvalue weighted by Gasteiger charge is -2.26. The van der Waals surface area contributed by atoms with Gasteiger partial charge in [-0.3, -0.25) is 14.2 Å². The Balaban J connectivity index is 1.46. The van der Waals surface area contributed by atoms with E-state index in [2.05, 4.69) is 69.5 Å². The first kappa shape index (κ1) is 22.3. The fraction of sp³-hybridized carbons (Fsp3) is 0.407. The molecule has 3 heterocycles. The Hall–Kier alpha value is -3.48. The Morgan fingerprint density at radius 1 is 1.06 bits per heavy atom. The number of aromatic amines is 1. The lowest BCUT2D eigenvalue weighted by Crippen LogP contribution is -2.30. The third kappa shape index (κ3) is 4.22. The number of rotatable bonds is 8. The van der Waals surface area contributed by atoms with E-state index in [1.807, 2.05) is 22.9 Å². The van der Waals surface area contributed by atoms with Crippen molar-refractivity contribution in [2.24, 2.45) is 0 Å². The summed E-state index contributed by atoms with van der Waals surface area (Å²) >= 11 is 0. The highest BCUT2D eigenvalue weighted by molar-refractivity contribution is 5.80. The Labute approximate surface area is 199 Å². The van der Waals surface area contributed by atoms with E-state index >= 15 is 0 Å². The average Bonchev–Trinajstić information content (AvgIpc) is 3.49. The second-order valence-electron chi connectivity index (χ2n) is 9.30. The van der Waals surface area contributed by atoms with E-state index in [1.165, 1.54) is 18.5 Å². The molecule has 1 unspecified atom stereocenters.